The van der Waals surface area contributed by atoms with Gasteiger partial charge in [0.2, 0.25) is 0 Å². The van der Waals surface area contributed by atoms with Crippen molar-refractivity contribution in [1.29, 1.82) is 0 Å². The maximum absolute atomic E-state index is 4.07. The van der Waals surface area contributed by atoms with Crippen LogP contribution in [-0.2, 0) is 0 Å². The third kappa shape index (κ3) is 2.60. The summed E-state index contributed by atoms with van der Waals surface area (Å²) in [6, 6.07) is 7.03. The molecule has 1 heterocycles. The van der Waals surface area contributed by atoms with Crippen LogP contribution in [0, 0.1) is 11.3 Å². The van der Waals surface area contributed by atoms with E-state index in [-0.39, 0.29) is 0 Å². The lowest BCUT2D eigenvalue weighted by Gasteiger charge is -2.40. The van der Waals surface area contributed by atoms with E-state index in [9.17, 15) is 0 Å². The number of fused-ring (bicyclic) bond motifs is 1. The molecular weight excluding hydrogens is 234 g/mol. The predicted molar refractivity (Wildman–Crippen MR) is 80.3 cm³/mol. The second kappa shape index (κ2) is 4.55. The van der Waals surface area contributed by atoms with Crippen LogP contribution in [0.1, 0.15) is 40.0 Å². The summed E-state index contributed by atoms with van der Waals surface area (Å²) in [5.74, 6) is 0.723. The first kappa shape index (κ1) is 12.5. The third-order valence-electron chi connectivity index (χ3n) is 4.49. The minimum Gasteiger partial charge on any atom is -0.382 e. The van der Waals surface area contributed by atoms with E-state index in [1.54, 1.807) is 0 Å². The predicted octanol–water partition coefficient (Wildman–Crippen LogP) is 4.19. The van der Waals surface area contributed by atoms with Gasteiger partial charge in [0.1, 0.15) is 0 Å². The van der Waals surface area contributed by atoms with Gasteiger partial charge >= 0.3 is 0 Å². The number of benzene rings is 1. The lowest BCUT2D eigenvalue weighted by molar-refractivity contribution is 0.177. The van der Waals surface area contributed by atoms with E-state index in [4.69, 9.17) is 0 Å². The first-order valence-corrected chi connectivity index (χ1v) is 7.23. The van der Waals surface area contributed by atoms with Crippen LogP contribution < -0.4 is 5.32 Å². The first-order valence-electron chi connectivity index (χ1n) is 7.23. The number of nitrogens with one attached hydrogen (secondary N) is 2. The van der Waals surface area contributed by atoms with E-state index >= 15 is 0 Å². The number of nitrogens with zero attached hydrogens (tertiary/aromatic N) is 1. The van der Waals surface area contributed by atoms with Crippen LogP contribution in [0.2, 0.25) is 0 Å². The highest BCUT2D eigenvalue weighted by Gasteiger charge is 2.32. The van der Waals surface area contributed by atoms with Crippen molar-refractivity contribution < 1.29 is 0 Å². The quantitative estimate of drug-likeness (QED) is 0.847. The van der Waals surface area contributed by atoms with Crippen LogP contribution in [-0.4, -0.2) is 16.2 Å². The highest BCUT2D eigenvalue weighted by Crippen LogP contribution is 2.39. The van der Waals surface area contributed by atoms with Crippen molar-refractivity contribution in [3.8, 4) is 0 Å². The van der Waals surface area contributed by atoms with E-state index in [1.807, 2.05) is 6.20 Å². The second-order valence-corrected chi connectivity index (χ2v) is 6.81. The standard InChI is InChI=1S/C16H23N3/c1-11-9-16(2,3)7-6-14(11)18-13-5-4-12-10-17-19-15(12)8-13/h4-5,8,10-11,14,18H,6-7,9H2,1-3H3,(H,17,19). The minimum atomic E-state index is 0.505. The Balaban J connectivity index is 1.74. The molecule has 0 spiro atoms. The molecule has 0 saturated heterocycles. The van der Waals surface area contributed by atoms with Gasteiger partial charge in [0.15, 0.2) is 0 Å². The van der Waals surface area contributed by atoms with Gasteiger partial charge in [-0.15, -0.1) is 0 Å². The lowest BCUT2D eigenvalue weighted by Crippen LogP contribution is -2.36. The molecule has 102 valence electrons. The zero-order valence-corrected chi connectivity index (χ0v) is 12.0. The number of aromatic amines is 1. The molecule has 1 fully saturated rings. The zero-order chi connectivity index (χ0) is 13.5. The van der Waals surface area contributed by atoms with E-state index < -0.39 is 0 Å². The molecule has 0 aliphatic heterocycles. The summed E-state index contributed by atoms with van der Waals surface area (Å²) < 4.78 is 0. The first-order chi connectivity index (χ1) is 9.03. The Morgan fingerprint density at radius 2 is 2.21 bits per heavy atom. The molecule has 19 heavy (non-hydrogen) atoms. The minimum absolute atomic E-state index is 0.505. The Kier molecular flexibility index (Phi) is 3.00. The van der Waals surface area contributed by atoms with Crippen molar-refractivity contribution in [2.24, 2.45) is 11.3 Å². The van der Waals surface area contributed by atoms with Gasteiger partial charge in [-0.1, -0.05) is 20.8 Å². The number of hydrogen-bond donors (Lipinski definition) is 2. The molecule has 2 aromatic rings. The van der Waals surface area contributed by atoms with Crippen LogP contribution >= 0.6 is 0 Å². The number of aromatic nitrogens is 2. The topological polar surface area (TPSA) is 40.7 Å². The maximum atomic E-state index is 4.07. The lowest BCUT2D eigenvalue weighted by atomic mass is 9.70. The monoisotopic (exact) mass is 257 g/mol. The van der Waals surface area contributed by atoms with E-state index in [1.165, 1.54) is 30.3 Å². The van der Waals surface area contributed by atoms with E-state index in [0.717, 1.165) is 11.4 Å². The Morgan fingerprint density at radius 3 is 3.00 bits per heavy atom. The van der Waals surface area contributed by atoms with Crippen molar-refractivity contribution in [3.05, 3.63) is 24.4 Å². The zero-order valence-electron chi connectivity index (χ0n) is 12.0. The fourth-order valence-electron chi connectivity index (χ4n) is 3.40. The van der Waals surface area contributed by atoms with Gasteiger partial charge in [0, 0.05) is 17.1 Å². The normalized spacial score (nSPS) is 26.5. The Morgan fingerprint density at radius 1 is 1.37 bits per heavy atom. The molecule has 0 bridgehead atoms. The molecule has 0 radical (unpaired) electrons. The summed E-state index contributed by atoms with van der Waals surface area (Å²) in [4.78, 5) is 0. The molecular formula is C16H23N3. The second-order valence-electron chi connectivity index (χ2n) is 6.81. The molecule has 1 aromatic heterocycles. The van der Waals surface area contributed by atoms with Gasteiger partial charge in [-0.3, -0.25) is 5.10 Å². The molecule has 2 atom stereocenters. The smallest absolute Gasteiger partial charge is 0.0670 e. The van der Waals surface area contributed by atoms with Gasteiger partial charge in [-0.2, -0.15) is 5.10 Å². The highest BCUT2D eigenvalue weighted by molar-refractivity contribution is 5.81. The molecule has 3 rings (SSSR count). The molecule has 3 heteroatoms. The van der Waals surface area contributed by atoms with E-state index in [2.05, 4.69) is 54.5 Å². The number of anilines is 1. The Labute approximate surface area is 114 Å². The maximum Gasteiger partial charge on any atom is 0.0670 e. The van der Waals surface area contributed by atoms with Gasteiger partial charge in [-0.05, 0) is 48.8 Å². The third-order valence-corrected chi connectivity index (χ3v) is 4.49. The summed E-state index contributed by atoms with van der Waals surface area (Å²) in [6.07, 6.45) is 5.73. The van der Waals surface area contributed by atoms with Crippen molar-refractivity contribution >= 4 is 16.6 Å². The largest absolute Gasteiger partial charge is 0.382 e. The van der Waals surface area contributed by atoms with Gasteiger partial charge < -0.3 is 5.32 Å². The summed E-state index contributed by atoms with van der Waals surface area (Å²) in [6.45, 7) is 7.14. The fourth-order valence-corrected chi connectivity index (χ4v) is 3.40. The number of H-pyrrole nitrogens is 1. The van der Waals surface area contributed by atoms with Crippen LogP contribution in [0.5, 0.6) is 0 Å². The van der Waals surface area contributed by atoms with Crippen molar-refractivity contribution in [2.45, 2.75) is 46.1 Å². The summed E-state index contributed by atoms with van der Waals surface area (Å²) >= 11 is 0. The van der Waals surface area contributed by atoms with Crippen molar-refractivity contribution in [3.63, 3.8) is 0 Å². The van der Waals surface area contributed by atoms with Crippen molar-refractivity contribution in [2.75, 3.05) is 5.32 Å². The molecule has 1 aliphatic rings. The molecule has 2 unspecified atom stereocenters. The van der Waals surface area contributed by atoms with Crippen LogP contribution in [0.4, 0.5) is 5.69 Å². The molecule has 1 aromatic carbocycles. The fraction of sp³-hybridized carbons (Fsp3) is 0.562. The highest BCUT2D eigenvalue weighted by atomic mass is 15.1. The van der Waals surface area contributed by atoms with Crippen molar-refractivity contribution in [1.82, 2.24) is 10.2 Å². The molecule has 3 nitrogen and oxygen atoms in total. The number of rotatable bonds is 2. The summed E-state index contributed by atoms with van der Waals surface area (Å²) in [7, 11) is 0. The number of hydrogen-bond acceptors (Lipinski definition) is 2. The van der Waals surface area contributed by atoms with Crippen LogP contribution in [0.25, 0.3) is 10.9 Å². The van der Waals surface area contributed by atoms with Gasteiger partial charge in [0.05, 0.1) is 11.7 Å². The molecule has 2 N–H and O–H groups in total. The average molecular weight is 257 g/mol. The van der Waals surface area contributed by atoms with Gasteiger partial charge in [0.25, 0.3) is 0 Å². The van der Waals surface area contributed by atoms with E-state index in [0.29, 0.717) is 11.5 Å². The molecule has 1 saturated carbocycles. The SMILES string of the molecule is CC1CC(C)(C)CCC1Nc1ccc2cn[nH]c2c1. The summed E-state index contributed by atoms with van der Waals surface area (Å²) in [5.41, 5.74) is 2.81. The van der Waals surface area contributed by atoms with Crippen LogP contribution in [0.15, 0.2) is 24.4 Å². The summed E-state index contributed by atoms with van der Waals surface area (Å²) in [5, 5.41) is 12.0. The average Bonchev–Trinajstić information content (AvgIpc) is 2.79. The Bertz CT molecular complexity index is 570. The molecule has 1 aliphatic carbocycles. The van der Waals surface area contributed by atoms with Crippen LogP contribution in [0.3, 0.4) is 0 Å². The Hall–Kier alpha value is -1.51. The molecule has 0 amide bonds. The van der Waals surface area contributed by atoms with Gasteiger partial charge in [-0.25, -0.2) is 0 Å².